The molecule has 1 aromatic carbocycles. The third-order valence-corrected chi connectivity index (χ3v) is 4.98. The molecule has 0 aliphatic carbocycles. The first-order chi connectivity index (χ1) is 12.5. The van der Waals surface area contributed by atoms with Crippen LogP contribution in [0.2, 0.25) is 0 Å². The fraction of sp³-hybridized carbons (Fsp3) is 0.353. The summed E-state index contributed by atoms with van der Waals surface area (Å²) in [6.45, 7) is 0.967. The molecule has 2 aromatic rings. The molecule has 0 saturated carbocycles. The van der Waals surface area contributed by atoms with Crippen LogP contribution in [0.25, 0.3) is 0 Å². The second kappa shape index (κ2) is 7.95. The minimum Gasteiger partial charge on any atom is -0.347 e. The van der Waals surface area contributed by atoms with Gasteiger partial charge >= 0.3 is 11.0 Å². The van der Waals surface area contributed by atoms with E-state index < -0.39 is 22.5 Å². The van der Waals surface area contributed by atoms with Gasteiger partial charge in [-0.25, -0.2) is 0 Å². The van der Waals surface area contributed by atoms with Gasteiger partial charge in [-0.05, 0) is 18.6 Å². The van der Waals surface area contributed by atoms with Crippen molar-refractivity contribution in [3.05, 3.63) is 55.6 Å². The second-order valence-corrected chi connectivity index (χ2v) is 6.96. The molecule has 0 aliphatic heterocycles. The van der Waals surface area contributed by atoms with E-state index in [1.54, 1.807) is 14.1 Å². The van der Waals surface area contributed by atoms with E-state index >= 15 is 0 Å². The molecule has 2 amide bonds. The molecule has 10 heteroatoms. The van der Waals surface area contributed by atoms with Gasteiger partial charge in [0.05, 0.1) is 5.56 Å². The quantitative estimate of drug-likeness (QED) is 0.836. The molecule has 1 N–H and O–H groups in total. The van der Waals surface area contributed by atoms with E-state index in [0.717, 1.165) is 6.07 Å². The Kier molecular flexibility index (Phi) is 6.09. The van der Waals surface area contributed by atoms with Gasteiger partial charge in [0.1, 0.15) is 11.4 Å². The summed E-state index contributed by atoms with van der Waals surface area (Å²) in [5.74, 6) is -0.980. The number of nitrogens with zero attached hydrogens (tertiary/aromatic N) is 2. The zero-order valence-electron chi connectivity index (χ0n) is 14.9. The van der Waals surface area contributed by atoms with Gasteiger partial charge in [-0.1, -0.05) is 29.5 Å². The molecular weight excluding hydrogens is 383 g/mol. The van der Waals surface area contributed by atoms with Crippen molar-refractivity contribution in [2.45, 2.75) is 26.2 Å². The van der Waals surface area contributed by atoms with E-state index in [-0.39, 0.29) is 29.4 Å². The Hall–Kier alpha value is -2.62. The summed E-state index contributed by atoms with van der Waals surface area (Å²) in [5, 5.41) is 2.41. The highest BCUT2D eigenvalue weighted by Crippen LogP contribution is 2.31. The molecule has 0 bridgehead atoms. The molecule has 0 spiro atoms. The Bertz CT molecular complexity index is 916. The maximum atomic E-state index is 13.0. The van der Waals surface area contributed by atoms with Crippen LogP contribution in [0, 0.1) is 6.92 Å². The van der Waals surface area contributed by atoms with Crippen molar-refractivity contribution in [1.29, 1.82) is 0 Å². The van der Waals surface area contributed by atoms with Crippen LogP contribution in [-0.4, -0.2) is 35.4 Å². The summed E-state index contributed by atoms with van der Waals surface area (Å²) >= 11 is 0.650. The van der Waals surface area contributed by atoms with Gasteiger partial charge in [0, 0.05) is 26.3 Å². The second-order valence-electron chi connectivity index (χ2n) is 5.99. The Balaban J connectivity index is 2.19. The normalized spacial score (nSPS) is 11.3. The number of benzene rings is 1. The molecule has 0 fully saturated rings. The highest BCUT2D eigenvalue weighted by atomic mass is 32.1. The third-order valence-electron chi connectivity index (χ3n) is 3.90. The Morgan fingerprint density at radius 3 is 2.44 bits per heavy atom. The van der Waals surface area contributed by atoms with E-state index in [4.69, 9.17) is 0 Å². The van der Waals surface area contributed by atoms with Crippen molar-refractivity contribution in [2.75, 3.05) is 14.1 Å². The van der Waals surface area contributed by atoms with Crippen LogP contribution < -0.4 is 10.2 Å². The Morgan fingerprint density at radius 2 is 1.85 bits per heavy atom. The zero-order valence-corrected chi connectivity index (χ0v) is 15.7. The van der Waals surface area contributed by atoms with Gasteiger partial charge in [0.15, 0.2) is 0 Å². The smallest absolute Gasteiger partial charge is 0.347 e. The molecule has 6 nitrogen and oxygen atoms in total. The van der Waals surface area contributed by atoms with Gasteiger partial charge < -0.3 is 10.2 Å². The molecule has 27 heavy (non-hydrogen) atoms. The summed E-state index contributed by atoms with van der Waals surface area (Å²) in [6, 6.07) is 4.93. The van der Waals surface area contributed by atoms with Crippen molar-refractivity contribution in [1.82, 2.24) is 14.8 Å². The highest BCUT2D eigenvalue weighted by Gasteiger charge is 2.33. The number of carbonyl (C=O) groups is 2. The van der Waals surface area contributed by atoms with Crippen molar-refractivity contribution in [3.63, 3.8) is 0 Å². The molecule has 2 rings (SSSR count). The van der Waals surface area contributed by atoms with Crippen LogP contribution in [-0.2, 0) is 24.1 Å². The summed E-state index contributed by atoms with van der Waals surface area (Å²) in [5.41, 5.74) is -0.614. The van der Waals surface area contributed by atoms with Crippen LogP contribution in [0.1, 0.15) is 26.5 Å². The molecule has 1 aromatic heterocycles. The fourth-order valence-corrected chi connectivity index (χ4v) is 3.26. The average Bonchev–Trinajstić information content (AvgIpc) is 2.87. The average molecular weight is 401 g/mol. The van der Waals surface area contributed by atoms with Gasteiger partial charge in [0.2, 0.25) is 5.91 Å². The number of likely N-dealkylation sites (N-methyl/N-ethyl adjacent to an activating group) is 1. The number of alkyl halides is 3. The molecule has 0 unspecified atom stereocenters. The maximum absolute atomic E-state index is 13.0. The van der Waals surface area contributed by atoms with Crippen molar-refractivity contribution in [3.8, 4) is 0 Å². The number of nitrogens with one attached hydrogen (secondary N) is 1. The minimum atomic E-state index is -4.53. The number of halogens is 3. The number of rotatable bonds is 5. The number of thiazole rings is 1. The predicted octanol–water partition coefficient (Wildman–Crippen LogP) is 2.26. The van der Waals surface area contributed by atoms with Gasteiger partial charge in [-0.15, -0.1) is 0 Å². The topological polar surface area (TPSA) is 71.4 Å². The third kappa shape index (κ3) is 4.76. The molecule has 0 atom stereocenters. The largest absolute Gasteiger partial charge is 0.416 e. The maximum Gasteiger partial charge on any atom is 0.416 e. The van der Waals surface area contributed by atoms with E-state index in [2.05, 4.69) is 5.32 Å². The summed E-state index contributed by atoms with van der Waals surface area (Å²) in [7, 11) is 3.08. The van der Waals surface area contributed by atoms with E-state index in [9.17, 15) is 27.6 Å². The first kappa shape index (κ1) is 20.7. The Morgan fingerprint density at radius 1 is 1.22 bits per heavy atom. The predicted molar refractivity (Wildman–Crippen MR) is 94.6 cm³/mol. The van der Waals surface area contributed by atoms with E-state index in [1.165, 1.54) is 34.6 Å². The lowest BCUT2D eigenvalue weighted by Crippen LogP contribution is -2.30. The molecular formula is C17H18F3N3O3S. The molecule has 1 heterocycles. The van der Waals surface area contributed by atoms with E-state index in [1.807, 2.05) is 0 Å². The number of hydrogen-bond donors (Lipinski definition) is 1. The lowest BCUT2D eigenvalue weighted by molar-refractivity contribution is -0.138. The van der Waals surface area contributed by atoms with Crippen LogP contribution in [0.3, 0.4) is 0 Å². The first-order valence-corrected chi connectivity index (χ1v) is 8.67. The van der Waals surface area contributed by atoms with Crippen LogP contribution in [0.15, 0.2) is 29.1 Å². The van der Waals surface area contributed by atoms with Crippen LogP contribution in [0.5, 0.6) is 0 Å². The summed E-state index contributed by atoms with van der Waals surface area (Å²) < 4.78 is 40.2. The van der Waals surface area contributed by atoms with Crippen LogP contribution in [0.4, 0.5) is 13.2 Å². The number of carbonyl (C=O) groups excluding carboxylic acids is 2. The molecule has 0 aliphatic rings. The monoisotopic (exact) mass is 401 g/mol. The fourth-order valence-electron chi connectivity index (χ4n) is 2.35. The number of amides is 2. The molecule has 0 saturated heterocycles. The van der Waals surface area contributed by atoms with Crippen LogP contribution >= 0.6 is 11.3 Å². The summed E-state index contributed by atoms with van der Waals surface area (Å²) in [6.07, 6.45) is -4.53. The van der Waals surface area contributed by atoms with Gasteiger partial charge in [-0.2, -0.15) is 13.2 Å². The van der Waals surface area contributed by atoms with Gasteiger partial charge in [-0.3, -0.25) is 19.0 Å². The lowest BCUT2D eigenvalue weighted by atomic mass is 10.1. The molecule has 146 valence electrons. The van der Waals surface area contributed by atoms with Gasteiger partial charge in [0.25, 0.3) is 5.91 Å². The minimum absolute atomic E-state index is 0.0658. The van der Waals surface area contributed by atoms with Crippen molar-refractivity contribution >= 4 is 23.2 Å². The summed E-state index contributed by atoms with van der Waals surface area (Å²) in [4.78, 5) is 37.1. The van der Waals surface area contributed by atoms with E-state index in [0.29, 0.717) is 17.0 Å². The standard InChI is InChI=1S/C17H18F3N3O3S/c1-10-14(27-16(26)23(10)9-13(24)22(2)3)15(25)21-8-11-6-4-5-7-12(11)17(18,19)20/h4-7H,8-9H2,1-3H3,(H,21,25). The SMILES string of the molecule is Cc1c(C(=O)NCc2ccccc2C(F)(F)F)sc(=O)n1CC(=O)N(C)C. The number of hydrogen-bond acceptors (Lipinski definition) is 4. The Labute approximate surface area is 157 Å². The number of aromatic nitrogens is 1. The lowest BCUT2D eigenvalue weighted by Gasteiger charge is -2.13. The van der Waals surface area contributed by atoms with Crippen molar-refractivity contribution in [2.24, 2.45) is 0 Å². The molecule has 0 radical (unpaired) electrons. The van der Waals surface area contributed by atoms with Crippen molar-refractivity contribution < 1.29 is 22.8 Å². The zero-order chi connectivity index (χ0) is 20.4. The first-order valence-electron chi connectivity index (χ1n) is 7.86. The highest BCUT2D eigenvalue weighted by molar-refractivity contribution is 7.11.